The molecule has 6 atom stereocenters. The van der Waals surface area contributed by atoms with E-state index in [0.717, 1.165) is 37.0 Å². The van der Waals surface area contributed by atoms with Crippen LogP contribution in [0.2, 0.25) is 0 Å². The molecule has 0 amide bonds. The third kappa shape index (κ3) is 4.98. The zero-order valence-electron chi connectivity index (χ0n) is 19.6. The average Bonchev–Trinajstić information content (AvgIpc) is 3.04. The summed E-state index contributed by atoms with van der Waals surface area (Å²) in [4.78, 5) is 0. The smallest absolute Gasteiger partial charge is 0.0583 e. The van der Waals surface area contributed by atoms with Crippen LogP contribution in [0, 0.1) is 35.0 Å². The van der Waals surface area contributed by atoms with Crippen molar-refractivity contribution in [3.05, 3.63) is 47.6 Å². The van der Waals surface area contributed by atoms with Crippen molar-refractivity contribution in [1.82, 2.24) is 0 Å². The maximum atomic E-state index is 10.0. The maximum Gasteiger partial charge on any atom is 0.0583 e. The molecule has 0 aliphatic heterocycles. The van der Waals surface area contributed by atoms with Gasteiger partial charge in [-0.25, -0.2) is 0 Å². The second-order valence-electron chi connectivity index (χ2n) is 10.9. The Kier molecular flexibility index (Phi) is 7.31. The van der Waals surface area contributed by atoms with Gasteiger partial charge >= 0.3 is 0 Å². The molecule has 0 aromatic rings. The second-order valence-corrected chi connectivity index (χ2v) is 10.9. The molecule has 29 heavy (non-hydrogen) atoms. The molecule has 0 radical (unpaired) electrons. The lowest BCUT2D eigenvalue weighted by atomic mass is 9.61. The van der Waals surface area contributed by atoms with Crippen molar-refractivity contribution in [2.45, 2.75) is 92.1 Å². The first-order chi connectivity index (χ1) is 13.7. The van der Waals surface area contributed by atoms with Gasteiger partial charge < -0.3 is 5.11 Å². The van der Waals surface area contributed by atoms with E-state index in [2.05, 4.69) is 65.5 Å². The number of hydrogen-bond acceptors (Lipinski definition) is 1. The molecule has 3 rings (SSSR count). The van der Waals surface area contributed by atoms with Crippen molar-refractivity contribution >= 4 is 0 Å². The molecule has 1 heteroatoms. The Hall–Kier alpha value is -1.08. The fourth-order valence-electron chi connectivity index (χ4n) is 6.25. The van der Waals surface area contributed by atoms with E-state index in [1.165, 1.54) is 43.3 Å². The number of aliphatic hydroxyl groups is 1. The highest BCUT2D eigenvalue weighted by molar-refractivity contribution is 5.36. The van der Waals surface area contributed by atoms with Crippen LogP contribution in [0.3, 0.4) is 0 Å². The molecule has 162 valence electrons. The minimum atomic E-state index is -0.182. The highest BCUT2D eigenvalue weighted by Crippen LogP contribution is 2.59. The van der Waals surface area contributed by atoms with E-state index in [1.54, 1.807) is 5.57 Å². The number of rotatable bonds is 5. The molecule has 0 saturated heterocycles. The number of allylic oxidation sites excluding steroid dienone is 6. The average molecular weight is 397 g/mol. The van der Waals surface area contributed by atoms with Crippen LogP contribution < -0.4 is 0 Å². The highest BCUT2D eigenvalue weighted by atomic mass is 16.3. The summed E-state index contributed by atoms with van der Waals surface area (Å²) in [6.45, 7) is 16.3. The normalized spacial score (nSPS) is 38.2. The summed E-state index contributed by atoms with van der Waals surface area (Å²) in [5.41, 5.74) is 4.61. The van der Waals surface area contributed by atoms with Crippen LogP contribution in [0.4, 0.5) is 0 Å². The Labute approximate surface area is 180 Å². The molecular formula is C28H44O. The summed E-state index contributed by atoms with van der Waals surface area (Å²) >= 11 is 0. The highest BCUT2D eigenvalue weighted by Gasteiger charge is 2.50. The van der Waals surface area contributed by atoms with Gasteiger partial charge in [0.1, 0.15) is 0 Å². The molecule has 0 aromatic heterocycles. The fourth-order valence-corrected chi connectivity index (χ4v) is 6.25. The summed E-state index contributed by atoms with van der Waals surface area (Å²) in [5, 5.41) is 10.0. The van der Waals surface area contributed by atoms with Gasteiger partial charge in [-0.15, -0.1) is 0 Å². The Morgan fingerprint density at radius 2 is 1.79 bits per heavy atom. The third-order valence-electron chi connectivity index (χ3n) is 8.63. The van der Waals surface area contributed by atoms with Crippen LogP contribution in [0.5, 0.6) is 0 Å². The lowest BCUT2D eigenvalue weighted by molar-refractivity contribution is 0.112. The van der Waals surface area contributed by atoms with E-state index in [9.17, 15) is 5.11 Å². The summed E-state index contributed by atoms with van der Waals surface area (Å²) in [6, 6.07) is 0. The minimum absolute atomic E-state index is 0.182. The zero-order valence-corrected chi connectivity index (χ0v) is 19.6. The molecule has 1 unspecified atom stereocenters. The van der Waals surface area contributed by atoms with Gasteiger partial charge in [0.25, 0.3) is 0 Å². The number of fused-ring (bicyclic) bond motifs is 1. The molecule has 0 heterocycles. The molecule has 3 aliphatic carbocycles. The first-order valence-corrected chi connectivity index (χ1v) is 12.2. The monoisotopic (exact) mass is 396 g/mol. The van der Waals surface area contributed by atoms with Gasteiger partial charge in [0.15, 0.2) is 0 Å². The van der Waals surface area contributed by atoms with Crippen molar-refractivity contribution < 1.29 is 5.11 Å². The Morgan fingerprint density at radius 3 is 2.52 bits per heavy atom. The second kappa shape index (κ2) is 9.38. The van der Waals surface area contributed by atoms with Gasteiger partial charge in [-0.3, -0.25) is 0 Å². The topological polar surface area (TPSA) is 20.2 Å². The van der Waals surface area contributed by atoms with Crippen LogP contribution in [0.15, 0.2) is 47.6 Å². The summed E-state index contributed by atoms with van der Waals surface area (Å²) in [6.07, 6.45) is 18.8. The molecule has 3 aliphatic rings. The van der Waals surface area contributed by atoms with Crippen LogP contribution in [0.1, 0.15) is 86.0 Å². The molecule has 0 aromatic carbocycles. The number of aliphatic hydroxyl groups excluding tert-OH is 1. The van der Waals surface area contributed by atoms with Crippen molar-refractivity contribution in [2.24, 2.45) is 35.0 Å². The van der Waals surface area contributed by atoms with Gasteiger partial charge in [-0.1, -0.05) is 76.6 Å². The number of hydrogen-bond donors (Lipinski definition) is 1. The quantitative estimate of drug-likeness (QED) is 0.473. The van der Waals surface area contributed by atoms with E-state index in [-0.39, 0.29) is 6.10 Å². The predicted octanol–water partition coefficient (Wildman–Crippen LogP) is 7.64. The first-order valence-electron chi connectivity index (χ1n) is 12.2. The fraction of sp³-hybridized carbons (Fsp3) is 0.714. The van der Waals surface area contributed by atoms with E-state index in [1.807, 2.05) is 0 Å². The van der Waals surface area contributed by atoms with Gasteiger partial charge in [-0.2, -0.15) is 0 Å². The Bertz CT molecular complexity index is 678. The molecular weight excluding hydrogens is 352 g/mol. The van der Waals surface area contributed by atoms with Gasteiger partial charge in [0, 0.05) is 0 Å². The third-order valence-corrected chi connectivity index (χ3v) is 8.63. The van der Waals surface area contributed by atoms with E-state index < -0.39 is 0 Å². The molecule has 0 bridgehead atoms. The summed E-state index contributed by atoms with van der Waals surface area (Å²) < 4.78 is 0. The SMILES string of the molecule is C=C1CCC(O)C/C1=C\C=C1/CCC[C@]2(C)[C@@H]([C@H](C)/C=C/[C@H](C)C(C)C)CC[C@@H]12. The Balaban J connectivity index is 1.75. The van der Waals surface area contributed by atoms with Crippen LogP contribution in [0.25, 0.3) is 0 Å². The van der Waals surface area contributed by atoms with Crippen molar-refractivity contribution in [2.75, 3.05) is 0 Å². The molecule has 3 saturated carbocycles. The lowest BCUT2D eigenvalue weighted by Crippen LogP contribution is -2.35. The minimum Gasteiger partial charge on any atom is -0.393 e. The summed E-state index contributed by atoms with van der Waals surface area (Å²) in [7, 11) is 0. The maximum absolute atomic E-state index is 10.0. The Morgan fingerprint density at radius 1 is 1.03 bits per heavy atom. The van der Waals surface area contributed by atoms with Gasteiger partial charge in [0.05, 0.1) is 6.10 Å². The molecule has 1 nitrogen and oxygen atoms in total. The van der Waals surface area contributed by atoms with Crippen LogP contribution in [-0.2, 0) is 0 Å². The predicted molar refractivity (Wildman–Crippen MR) is 126 cm³/mol. The van der Waals surface area contributed by atoms with E-state index in [0.29, 0.717) is 17.3 Å². The van der Waals surface area contributed by atoms with Crippen LogP contribution >= 0.6 is 0 Å². The molecule has 0 spiro atoms. The van der Waals surface area contributed by atoms with E-state index in [4.69, 9.17) is 0 Å². The van der Waals surface area contributed by atoms with Gasteiger partial charge in [-0.05, 0) is 91.9 Å². The van der Waals surface area contributed by atoms with Crippen molar-refractivity contribution in [3.63, 3.8) is 0 Å². The van der Waals surface area contributed by atoms with Crippen LogP contribution in [-0.4, -0.2) is 11.2 Å². The standard InChI is InChI=1S/C28H44O/c1-19(2)20(3)9-10-22(5)26-15-16-27-23(8-7-17-28(26,27)6)12-13-24-18-25(29)14-11-21(24)4/h9-10,12-13,19-20,22,25-27,29H,4,7-8,11,14-18H2,1-3,5-6H3/b10-9+,23-12+,24-13+/t20-,22+,25?,26+,27-,28+/m0/s1. The first kappa shape index (κ1) is 22.6. The molecule has 3 fully saturated rings. The van der Waals surface area contributed by atoms with E-state index >= 15 is 0 Å². The van der Waals surface area contributed by atoms with Gasteiger partial charge in [0.2, 0.25) is 0 Å². The lowest BCUT2D eigenvalue weighted by Gasteiger charge is -2.44. The van der Waals surface area contributed by atoms with Crippen molar-refractivity contribution in [1.29, 1.82) is 0 Å². The largest absolute Gasteiger partial charge is 0.393 e. The summed E-state index contributed by atoms with van der Waals surface area (Å²) in [5.74, 6) is 3.58. The molecule has 1 N–H and O–H groups in total. The van der Waals surface area contributed by atoms with Crippen molar-refractivity contribution in [3.8, 4) is 0 Å². The zero-order chi connectivity index (χ0) is 21.2.